The van der Waals surface area contributed by atoms with Gasteiger partial charge >= 0.3 is 6.18 Å². The van der Waals surface area contributed by atoms with Crippen LogP contribution in [0.3, 0.4) is 0 Å². The number of anilines is 1. The van der Waals surface area contributed by atoms with E-state index in [2.05, 4.69) is 6.58 Å². The zero-order valence-electron chi connectivity index (χ0n) is 9.92. The molecule has 1 N–H and O–H groups in total. The molecule has 19 heavy (non-hydrogen) atoms. The lowest BCUT2D eigenvalue weighted by molar-refractivity contribution is -0.127. The summed E-state index contributed by atoms with van der Waals surface area (Å²) in [6.07, 6.45) is -4.06. The lowest BCUT2D eigenvalue weighted by Gasteiger charge is -2.16. The van der Waals surface area contributed by atoms with Crippen molar-refractivity contribution >= 4 is 17.3 Å². The van der Waals surface area contributed by atoms with Crippen LogP contribution in [-0.2, 0) is 6.42 Å². The molecule has 1 aliphatic rings. The van der Waals surface area contributed by atoms with Crippen molar-refractivity contribution < 1.29 is 18.0 Å². The van der Waals surface area contributed by atoms with E-state index in [0.717, 1.165) is 0 Å². The molecule has 0 spiro atoms. The number of ketones is 1. The first-order chi connectivity index (χ1) is 8.85. The number of fused-ring (bicyclic) bond motifs is 1. The van der Waals surface area contributed by atoms with Crippen LogP contribution in [0, 0.1) is 5.41 Å². The van der Waals surface area contributed by atoms with Crippen LogP contribution in [0.5, 0.6) is 0 Å². The average molecular weight is 268 g/mol. The fourth-order valence-electron chi connectivity index (χ4n) is 2.12. The minimum Gasteiger partial charge on any atom is -0.319 e. The van der Waals surface area contributed by atoms with Crippen molar-refractivity contribution in [2.24, 2.45) is 0 Å². The number of benzene rings is 1. The van der Waals surface area contributed by atoms with Crippen molar-refractivity contribution in [1.82, 2.24) is 0 Å². The van der Waals surface area contributed by atoms with E-state index in [1.165, 1.54) is 29.2 Å². The molecular weight excluding hydrogens is 257 g/mol. The Balaban J connectivity index is 2.51. The zero-order chi connectivity index (χ0) is 14.2. The monoisotopic (exact) mass is 268 g/mol. The standard InChI is InChI=1S/C13H11F3N2O/c1-2-6-18-9-5-3-4-8(7-13(14,15)16)10(9)11(19)12(18)17/h2-5,17H,1,6-7H2. The molecule has 0 aromatic heterocycles. The summed E-state index contributed by atoms with van der Waals surface area (Å²) in [5.41, 5.74) is 0.231. The third-order valence-electron chi connectivity index (χ3n) is 2.83. The summed E-state index contributed by atoms with van der Waals surface area (Å²) in [6, 6.07) is 4.27. The van der Waals surface area contributed by atoms with Gasteiger partial charge in [-0.25, -0.2) is 0 Å². The maximum absolute atomic E-state index is 12.5. The lowest BCUT2D eigenvalue weighted by atomic mass is 10.0. The lowest BCUT2D eigenvalue weighted by Crippen LogP contribution is -2.29. The Hall–Kier alpha value is -2.11. The van der Waals surface area contributed by atoms with Gasteiger partial charge < -0.3 is 4.90 Å². The molecule has 6 heteroatoms. The van der Waals surface area contributed by atoms with Crippen LogP contribution in [-0.4, -0.2) is 24.3 Å². The van der Waals surface area contributed by atoms with Gasteiger partial charge in [-0.05, 0) is 11.6 Å². The highest BCUT2D eigenvalue weighted by Gasteiger charge is 2.37. The highest BCUT2D eigenvalue weighted by Crippen LogP contribution is 2.34. The van der Waals surface area contributed by atoms with Gasteiger partial charge in [0.2, 0.25) is 5.78 Å². The summed E-state index contributed by atoms with van der Waals surface area (Å²) in [7, 11) is 0. The smallest absolute Gasteiger partial charge is 0.319 e. The van der Waals surface area contributed by atoms with Gasteiger partial charge in [0.1, 0.15) is 0 Å². The summed E-state index contributed by atoms with van der Waals surface area (Å²) < 4.78 is 37.5. The topological polar surface area (TPSA) is 44.2 Å². The zero-order valence-corrected chi connectivity index (χ0v) is 9.92. The van der Waals surface area contributed by atoms with Gasteiger partial charge in [-0.1, -0.05) is 18.2 Å². The summed E-state index contributed by atoms with van der Waals surface area (Å²) in [6.45, 7) is 3.72. The molecule has 0 aliphatic carbocycles. The van der Waals surface area contributed by atoms with Crippen molar-refractivity contribution in [2.45, 2.75) is 12.6 Å². The predicted octanol–water partition coefficient (Wildman–Crippen LogP) is 2.96. The fourth-order valence-corrected chi connectivity index (χ4v) is 2.12. The Morgan fingerprint density at radius 3 is 2.63 bits per heavy atom. The van der Waals surface area contributed by atoms with E-state index in [9.17, 15) is 18.0 Å². The number of carbonyl (C=O) groups is 1. The molecule has 1 heterocycles. The van der Waals surface area contributed by atoms with Crippen LogP contribution in [0.15, 0.2) is 30.9 Å². The Kier molecular flexibility index (Phi) is 3.18. The highest BCUT2D eigenvalue weighted by atomic mass is 19.4. The third kappa shape index (κ3) is 2.38. The number of alkyl halides is 3. The number of Topliss-reactive ketones (excluding diaryl/α,β-unsaturated/α-hetero) is 1. The first kappa shape index (κ1) is 13.3. The minimum atomic E-state index is -4.39. The Labute approximate surface area is 107 Å². The molecule has 0 fully saturated rings. The number of halogens is 3. The third-order valence-corrected chi connectivity index (χ3v) is 2.83. The van der Waals surface area contributed by atoms with Crippen LogP contribution in [0.4, 0.5) is 18.9 Å². The number of nitrogens with one attached hydrogen (secondary N) is 1. The van der Waals surface area contributed by atoms with Crippen molar-refractivity contribution in [3.8, 4) is 0 Å². The number of hydrogen-bond acceptors (Lipinski definition) is 2. The maximum atomic E-state index is 12.5. The van der Waals surface area contributed by atoms with Gasteiger partial charge in [0.05, 0.1) is 17.7 Å². The summed E-state index contributed by atoms with van der Waals surface area (Å²) >= 11 is 0. The first-order valence-corrected chi connectivity index (χ1v) is 5.55. The van der Waals surface area contributed by atoms with Gasteiger partial charge in [0.15, 0.2) is 5.84 Å². The van der Waals surface area contributed by atoms with Crippen LogP contribution in [0.25, 0.3) is 0 Å². The molecule has 2 rings (SSSR count). The average Bonchev–Trinajstić information content (AvgIpc) is 2.54. The van der Waals surface area contributed by atoms with Gasteiger partial charge in [0.25, 0.3) is 0 Å². The van der Waals surface area contributed by atoms with E-state index in [1.807, 2.05) is 0 Å². The second-order valence-electron chi connectivity index (χ2n) is 4.18. The molecule has 0 saturated heterocycles. The maximum Gasteiger partial charge on any atom is 0.393 e. The fraction of sp³-hybridized carbons (Fsp3) is 0.231. The molecule has 0 atom stereocenters. The van der Waals surface area contributed by atoms with Gasteiger partial charge in [0, 0.05) is 6.54 Å². The number of carbonyl (C=O) groups excluding carboxylic acids is 1. The normalized spacial score (nSPS) is 14.8. The molecular formula is C13H11F3N2O. The quantitative estimate of drug-likeness (QED) is 0.856. The number of nitrogens with zero attached hydrogens (tertiary/aromatic N) is 1. The molecule has 100 valence electrons. The van der Waals surface area contributed by atoms with E-state index in [0.29, 0.717) is 5.69 Å². The Morgan fingerprint density at radius 2 is 2.05 bits per heavy atom. The highest BCUT2D eigenvalue weighted by molar-refractivity contribution is 6.53. The second-order valence-corrected chi connectivity index (χ2v) is 4.18. The van der Waals surface area contributed by atoms with E-state index in [1.54, 1.807) is 0 Å². The molecule has 1 aliphatic heterocycles. The minimum absolute atomic E-state index is 0.0216. The molecule has 0 radical (unpaired) electrons. The van der Waals surface area contributed by atoms with Gasteiger partial charge in [-0.2, -0.15) is 13.2 Å². The molecule has 0 saturated carbocycles. The number of rotatable bonds is 3. The van der Waals surface area contributed by atoms with Crippen molar-refractivity contribution in [1.29, 1.82) is 5.41 Å². The molecule has 0 amide bonds. The largest absolute Gasteiger partial charge is 0.393 e. The van der Waals surface area contributed by atoms with E-state index >= 15 is 0 Å². The Morgan fingerprint density at radius 1 is 1.37 bits per heavy atom. The molecule has 0 unspecified atom stereocenters. The van der Waals surface area contributed by atoms with Gasteiger partial charge in [-0.15, -0.1) is 6.58 Å². The molecule has 0 bridgehead atoms. The van der Waals surface area contributed by atoms with Crippen LogP contribution in [0.2, 0.25) is 0 Å². The summed E-state index contributed by atoms with van der Waals surface area (Å²) in [5.74, 6) is -0.985. The second kappa shape index (κ2) is 4.53. The number of amidine groups is 1. The SMILES string of the molecule is C=CCN1C(=N)C(=O)c2c(CC(F)(F)F)cccc21. The van der Waals surface area contributed by atoms with Crippen LogP contribution in [0.1, 0.15) is 15.9 Å². The van der Waals surface area contributed by atoms with E-state index in [-0.39, 0.29) is 23.5 Å². The van der Waals surface area contributed by atoms with Crippen molar-refractivity contribution in [2.75, 3.05) is 11.4 Å². The molecule has 3 nitrogen and oxygen atoms in total. The molecule has 1 aromatic carbocycles. The van der Waals surface area contributed by atoms with E-state index < -0.39 is 18.4 Å². The van der Waals surface area contributed by atoms with Gasteiger partial charge in [-0.3, -0.25) is 10.2 Å². The molecule has 1 aromatic rings. The van der Waals surface area contributed by atoms with Crippen molar-refractivity contribution in [3.05, 3.63) is 42.0 Å². The van der Waals surface area contributed by atoms with E-state index in [4.69, 9.17) is 5.41 Å². The number of hydrogen-bond donors (Lipinski definition) is 1. The Bertz CT molecular complexity index is 563. The first-order valence-electron chi connectivity index (χ1n) is 5.55. The van der Waals surface area contributed by atoms with Crippen molar-refractivity contribution in [3.63, 3.8) is 0 Å². The predicted molar refractivity (Wildman–Crippen MR) is 65.8 cm³/mol. The summed E-state index contributed by atoms with van der Waals surface area (Å²) in [5, 5.41) is 7.68. The van der Waals surface area contributed by atoms with Crippen LogP contribution >= 0.6 is 0 Å². The summed E-state index contributed by atoms with van der Waals surface area (Å²) in [4.78, 5) is 13.3. The van der Waals surface area contributed by atoms with Crippen LogP contribution < -0.4 is 4.90 Å².